The fourth-order valence-corrected chi connectivity index (χ4v) is 9.91. The molecule has 0 aliphatic carbocycles. The SMILES string of the molecule is CCOc1cc(F)c[c-]c1-c1cc(CC)n(C)n1.CCOc1cc(F)c[c-]c1-c1ccn(CC)n1.CCOc1cc(F)c[c-]c1-c1ccn(Cc2ccccc2)n1.CCOc1cc(F)c[c-]c1-c1ccn(Cc2ccccc2)n1.FC(F)(F)c1cc(-c2ccccn2)[n-]n1.[Ir+3].[Ir+3].c1ccc(-c2cnn[n-]2)nc1. The van der Waals surface area contributed by atoms with Crippen molar-refractivity contribution in [1.82, 2.24) is 74.7 Å². The predicted molar refractivity (Wildman–Crippen MR) is 382 cm³/mol. The van der Waals surface area contributed by atoms with E-state index < -0.39 is 11.9 Å². The third-order valence-corrected chi connectivity index (χ3v) is 14.7. The molecule has 0 N–H and O–H groups in total. The minimum absolute atomic E-state index is 0. The Bertz CT molecular complexity index is 4780. The first-order valence-electron chi connectivity index (χ1n) is 33.3. The first-order chi connectivity index (χ1) is 50.9. The summed E-state index contributed by atoms with van der Waals surface area (Å²) >= 11 is 0. The zero-order valence-electron chi connectivity index (χ0n) is 59.0. The van der Waals surface area contributed by atoms with Crippen molar-refractivity contribution in [1.29, 1.82) is 0 Å². The van der Waals surface area contributed by atoms with E-state index in [1.807, 2.05) is 158 Å². The van der Waals surface area contributed by atoms with Crippen LogP contribution in [-0.4, -0.2) is 90.9 Å². The number of benzene rings is 6. The van der Waals surface area contributed by atoms with Crippen LogP contribution in [0, 0.1) is 47.5 Å². The number of halogens is 7. The van der Waals surface area contributed by atoms with Gasteiger partial charge in [-0.15, -0.1) is 48.5 Å². The number of ether oxygens (including phenoxy) is 4. The number of hydrogen-bond acceptors (Lipinski definition) is 13. The predicted octanol–water partition coefficient (Wildman–Crippen LogP) is 16.4. The molecular weight excluding hydrogens is 1740 g/mol. The Morgan fingerprint density at radius 1 is 0.430 bits per heavy atom. The zero-order valence-corrected chi connectivity index (χ0v) is 63.8. The van der Waals surface area contributed by atoms with E-state index in [9.17, 15) is 30.7 Å². The molecule has 0 fully saturated rings. The Morgan fingerprint density at radius 2 is 0.822 bits per heavy atom. The molecule has 0 saturated heterocycles. The molecule has 0 saturated carbocycles. The van der Waals surface area contributed by atoms with Crippen LogP contribution >= 0.6 is 0 Å². The number of aryl methyl sites for hydroxylation is 3. The first-order valence-corrected chi connectivity index (χ1v) is 33.3. The monoisotopic (exact) mass is 1810 g/mol. The summed E-state index contributed by atoms with van der Waals surface area (Å²) in [7, 11) is 1.90. The number of pyridine rings is 2. The van der Waals surface area contributed by atoms with Gasteiger partial charge in [0.25, 0.3) is 0 Å². The Hall–Kier alpha value is -11.2. The van der Waals surface area contributed by atoms with Crippen molar-refractivity contribution in [3.63, 3.8) is 0 Å². The number of hydrogen-bond donors (Lipinski definition) is 0. The van der Waals surface area contributed by atoms with Crippen LogP contribution in [0.5, 0.6) is 23.0 Å². The molecule has 19 nitrogen and oxygen atoms in total. The largest absolute Gasteiger partial charge is 3.00 e. The van der Waals surface area contributed by atoms with Crippen molar-refractivity contribution in [3.05, 3.63) is 283 Å². The van der Waals surface area contributed by atoms with E-state index >= 15 is 0 Å². The van der Waals surface area contributed by atoms with Gasteiger partial charge >= 0.3 is 46.4 Å². The van der Waals surface area contributed by atoms with Crippen molar-refractivity contribution < 1.29 is 89.9 Å². The Balaban J connectivity index is 0.000000180. The molecule has 0 aliphatic rings. The minimum atomic E-state index is -4.46. The third kappa shape index (κ3) is 24.7. The quantitative estimate of drug-likeness (QED) is 0.0515. The average Bonchev–Trinajstić information content (AvgIpc) is 1.75. The van der Waals surface area contributed by atoms with Gasteiger partial charge in [0.2, 0.25) is 0 Å². The summed E-state index contributed by atoms with van der Waals surface area (Å²) < 4.78 is 119. The second kappa shape index (κ2) is 42.1. The number of nitrogens with zero attached hydrogens (tertiary/aromatic N) is 15. The summed E-state index contributed by atoms with van der Waals surface area (Å²) in [6.45, 7) is 15.6. The molecule has 14 aromatic rings. The molecule has 0 aliphatic heterocycles. The summed E-state index contributed by atoms with van der Waals surface area (Å²) in [4.78, 5) is 7.95. The number of rotatable bonds is 20. The van der Waals surface area contributed by atoms with E-state index in [1.54, 1.807) is 30.6 Å². The van der Waals surface area contributed by atoms with Crippen molar-refractivity contribution in [2.24, 2.45) is 7.05 Å². The van der Waals surface area contributed by atoms with Gasteiger partial charge in [0.05, 0.1) is 45.2 Å². The van der Waals surface area contributed by atoms with Crippen LogP contribution in [0.15, 0.2) is 213 Å². The van der Waals surface area contributed by atoms with E-state index in [0.717, 1.165) is 53.2 Å². The van der Waals surface area contributed by atoms with Crippen LogP contribution in [0.4, 0.5) is 30.7 Å². The summed E-state index contributed by atoms with van der Waals surface area (Å²) in [6.07, 6.45) is 6.89. The molecule has 6 aromatic carbocycles. The molecule has 14 rings (SSSR count). The zero-order chi connectivity index (χ0) is 74.5. The smallest absolute Gasteiger partial charge is 0.573 e. The van der Waals surface area contributed by atoms with Gasteiger partial charge in [0.15, 0.2) is 0 Å². The molecule has 8 heterocycles. The molecule has 0 spiro atoms. The van der Waals surface area contributed by atoms with E-state index in [1.165, 1.54) is 65.9 Å². The van der Waals surface area contributed by atoms with E-state index in [2.05, 4.69) is 111 Å². The Morgan fingerprint density at radius 3 is 1.16 bits per heavy atom. The number of alkyl halides is 3. The molecule has 0 bridgehead atoms. The molecule has 554 valence electrons. The van der Waals surface area contributed by atoms with Crippen LogP contribution in [0.25, 0.3) is 67.8 Å². The normalized spacial score (nSPS) is 10.5. The minimum Gasteiger partial charge on any atom is -0.573 e. The van der Waals surface area contributed by atoms with Crippen LogP contribution in [-0.2, 0) is 79.5 Å². The van der Waals surface area contributed by atoms with Gasteiger partial charge in [-0.05, 0) is 88.2 Å². The van der Waals surface area contributed by atoms with Crippen LogP contribution < -0.4 is 29.1 Å². The molecular formula is C79H72F7Ir2N15O4. The van der Waals surface area contributed by atoms with E-state index in [4.69, 9.17) is 18.9 Å². The van der Waals surface area contributed by atoms with Gasteiger partial charge in [-0.2, -0.15) is 13.2 Å². The van der Waals surface area contributed by atoms with E-state index in [0.29, 0.717) is 96.2 Å². The molecule has 107 heavy (non-hydrogen) atoms. The average molecular weight is 1810 g/mol. The van der Waals surface area contributed by atoms with Crippen molar-refractivity contribution >= 4 is 0 Å². The summed E-state index contributed by atoms with van der Waals surface area (Å²) in [5.41, 5.74) is 10.2. The summed E-state index contributed by atoms with van der Waals surface area (Å²) in [5, 5.41) is 35.1. The fourth-order valence-electron chi connectivity index (χ4n) is 9.91. The van der Waals surface area contributed by atoms with Gasteiger partial charge in [0.1, 0.15) is 5.69 Å². The topological polar surface area (TPSA) is 201 Å². The maximum Gasteiger partial charge on any atom is 3.00 e. The molecule has 0 unspecified atom stereocenters. The van der Waals surface area contributed by atoms with E-state index in [-0.39, 0.29) is 69.2 Å². The first kappa shape index (κ1) is 83.1. The van der Waals surface area contributed by atoms with Crippen molar-refractivity contribution in [2.75, 3.05) is 26.4 Å². The molecule has 0 amide bonds. The second-order valence-corrected chi connectivity index (χ2v) is 22.1. The standard InChI is InChI=1S/2C18H16FN2O.C14H16FN2O.C13H14FN2O.C9H5F3N3.C7H5N4.2Ir/c2*1-2-22-18-12-15(19)8-9-16(18)17-10-11-21(20-17)13-14-6-4-3-5-7-14;1-4-11-9-13(16-17(11)3)12-7-6-10(15)8-14(12)18-5-2;1-3-16-8-7-12(15-16)11-6-5-10(14)9-13(11)17-4-2;10-9(11,12)8-5-7(14-15-8)6-3-1-2-4-13-6;1-2-4-8-6(3-1)7-5-9-11-10-7;;/h2*3-8,10-12H,2,13H2,1H3;6,8-9H,4-5H2,1-3H3;5,7-9H,3-4H2,1-2H3;1-5H;1-5H;;/q6*-1;2*+3. The molecule has 0 radical (unpaired) electrons. The Labute approximate surface area is 641 Å². The molecule has 8 aromatic heterocycles. The Kier molecular flexibility index (Phi) is 32.7. The number of aromatic nitrogens is 15. The summed E-state index contributed by atoms with van der Waals surface area (Å²) in [6, 6.07) is 61.5. The maximum absolute atomic E-state index is 13.3. The van der Waals surface area contributed by atoms with Crippen LogP contribution in [0.3, 0.4) is 0 Å². The fraction of sp³-hybridized carbons (Fsp3) is 0.203. The molecule has 28 heteroatoms. The summed E-state index contributed by atoms with van der Waals surface area (Å²) in [5.74, 6) is 0.458. The third-order valence-electron chi connectivity index (χ3n) is 14.7. The van der Waals surface area contributed by atoms with Crippen molar-refractivity contribution in [3.8, 4) is 90.8 Å². The van der Waals surface area contributed by atoms with Crippen LogP contribution in [0.1, 0.15) is 64.1 Å². The molecule has 0 atom stereocenters. The van der Waals surface area contributed by atoms with Gasteiger partial charge in [-0.1, -0.05) is 162 Å². The van der Waals surface area contributed by atoms with Gasteiger partial charge in [-0.25, -0.2) is 20.4 Å². The van der Waals surface area contributed by atoms with Gasteiger partial charge < -0.3 is 39.3 Å². The second-order valence-electron chi connectivity index (χ2n) is 22.1. The van der Waals surface area contributed by atoms with Crippen molar-refractivity contribution in [2.45, 2.75) is 73.8 Å². The van der Waals surface area contributed by atoms with Crippen LogP contribution in [0.2, 0.25) is 0 Å². The maximum atomic E-state index is 13.3. The van der Waals surface area contributed by atoms with Gasteiger partial charge in [-0.3, -0.25) is 51.5 Å². The van der Waals surface area contributed by atoms with Gasteiger partial charge in [0, 0.05) is 125 Å².